The van der Waals surface area contributed by atoms with Gasteiger partial charge in [-0.05, 0) is 42.2 Å². The minimum atomic E-state index is 0.576. The van der Waals surface area contributed by atoms with Crippen LogP contribution in [0.2, 0.25) is 10.0 Å². The van der Waals surface area contributed by atoms with Crippen molar-refractivity contribution in [1.82, 2.24) is 0 Å². The molecule has 1 rings (SSSR count). The summed E-state index contributed by atoms with van der Waals surface area (Å²) >= 11 is 11.9. The number of benzene rings is 1. The molecule has 92 valence electrons. The quantitative estimate of drug-likeness (QED) is 0.397. The predicted molar refractivity (Wildman–Crippen MR) is 74.6 cm³/mol. The van der Waals surface area contributed by atoms with E-state index in [1.54, 1.807) is 12.1 Å². The molecule has 1 aromatic rings. The molecule has 1 aromatic carbocycles. The van der Waals surface area contributed by atoms with E-state index in [0.29, 0.717) is 10.0 Å². The van der Waals surface area contributed by atoms with Crippen LogP contribution in [0, 0.1) is 0 Å². The van der Waals surface area contributed by atoms with Crippen LogP contribution in [0.25, 0.3) is 6.08 Å². The van der Waals surface area contributed by atoms with Crippen molar-refractivity contribution >= 4 is 35.6 Å². The molecule has 0 atom stereocenters. The normalized spacial score (nSPS) is 11.6. The van der Waals surface area contributed by atoms with Crippen molar-refractivity contribution in [2.24, 2.45) is 0 Å². The van der Waals surface area contributed by atoms with Crippen LogP contribution in [-0.2, 0) is 4.79 Å². The fourth-order valence-electron chi connectivity index (χ4n) is 1.56. The summed E-state index contributed by atoms with van der Waals surface area (Å²) in [4.78, 5) is 10.9. The van der Waals surface area contributed by atoms with E-state index in [1.165, 1.54) is 0 Å². The molecule has 0 aliphatic carbocycles. The molecule has 17 heavy (non-hydrogen) atoms. The summed E-state index contributed by atoms with van der Waals surface area (Å²) < 4.78 is 0. The number of carbonyl (C=O) groups is 1. The van der Waals surface area contributed by atoms with E-state index in [1.807, 2.05) is 12.1 Å². The molecule has 0 heterocycles. The largest absolute Gasteiger partial charge is 0.298 e. The Bertz CT molecular complexity index is 411. The first kappa shape index (κ1) is 14.3. The molecule has 0 aliphatic rings. The van der Waals surface area contributed by atoms with E-state index in [9.17, 15) is 4.79 Å². The summed E-state index contributed by atoms with van der Waals surface area (Å²) in [6.45, 7) is 2.14. The molecule has 0 saturated carbocycles. The van der Waals surface area contributed by atoms with Gasteiger partial charge >= 0.3 is 0 Å². The second-order valence-electron chi connectivity index (χ2n) is 3.96. The Morgan fingerprint density at radius 3 is 2.65 bits per heavy atom. The number of rotatable bonds is 6. The van der Waals surface area contributed by atoms with Gasteiger partial charge in [0.25, 0.3) is 0 Å². The van der Waals surface area contributed by atoms with E-state index >= 15 is 0 Å². The standard InChI is InChI=1S/C14H16Cl2O/c1-2-3-4-5-11(10-17)8-12-6-7-13(15)9-14(12)16/h6-10H,2-5H2,1H3. The van der Waals surface area contributed by atoms with Gasteiger partial charge in [-0.2, -0.15) is 0 Å². The average molecular weight is 271 g/mol. The molecule has 3 heteroatoms. The maximum atomic E-state index is 10.9. The molecular formula is C14H16Cl2O. The average Bonchev–Trinajstić information content (AvgIpc) is 2.31. The number of aldehydes is 1. The predicted octanol–water partition coefficient (Wildman–Crippen LogP) is 5.16. The lowest BCUT2D eigenvalue weighted by molar-refractivity contribution is -0.105. The molecule has 0 saturated heterocycles. The molecular weight excluding hydrogens is 255 g/mol. The first-order chi connectivity index (χ1) is 8.17. The first-order valence-corrected chi connectivity index (χ1v) is 6.53. The van der Waals surface area contributed by atoms with Gasteiger partial charge in [-0.3, -0.25) is 4.79 Å². The zero-order valence-corrected chi connectivity index (χ0v) is 11.4. The fraction of sp³-hybridized carbons (Fsp3) is 0.357. The zero-order chi connectivity index (χ0) is 12.7. The van der Waals surface area contributed by atoms with Gasteiger partial charge < -0.3 is 0 Å². The van der Waals surface area contributed by atoms with Crippen molar-refractivity contribution in [2.75, 3.05) is 0 Å². The van der Waals surface area contributed by atoms with E-state index in [4.69, 9.17) is 23.2 Å². The van der Waals surface area contributed by atoms with Crippen molar-refractivity contribution in [1.29, 1.82) is 0 Å². The molecule has 0 N–H and O–H groups in total. The van der Waals surface area contributed by atoms with Crippen LogP contribution in [0.5, 0.6) is 0 Å². The van der Waals surface area contributed by atoms with Gasteiger partial charge in [0.2, 0.25) is 0 Å². The molecule has 0 aromatic heterocycles. The molecule has 0 amide bonds. The minimum Gasteiger partial charge on any atom is -0.298 e. The Morgan fingerprint density at radius 2 is 2.06 bits per heavy atom. The topological polar surface area (TPSA) is 17.1 Å². The highest BCUT2D eigenvalue weighted by molar-refractivity contribution is 6.35. The number of allylic oxidation sites excluding steroid dienone is 1. The smallest absolute Gasteiger partial charge is 0.146 e. The molecule has 1 nitrogen and oxygen atoms in total. The third-order valence-corrected chi connectivity index (χ3v) is 3.09. The maximum absolute atomic E-state index is 10.9. The van der Waals surface area contributed by atoms with E-state index < -0.39 is 0 Å². The van der Waals surface area contributed by atoms with Crippen molar-refractivity contribution in [3.8, 4) is 0 Å². The van der Waals surface area contributed by atoms with Gasteiger partial charge in [-0.1, -0.05) is 49.0 Å². The van der Waals surface area contributed by atoms with Gasteiger partial charge in [-0.25, -0.2) is 0 Å². The van der Waals surface area contributed by atoms with Crippen molar-refractivity contribution in [3.05, 3.63) is 39.4 Å². The van der Waals surface area contributed by atoms with Crippen LogP contribution in [-0.4, -0.2) is 6.29 Å². The van der Waals surface area contributed by atoms with Gasteiger partial charge in [0, 0.05) is 10.0 Å². The molecule has 0 bridgehead atoms. The number of hydrogen-bond donors (Lipinski definition) is 0. The maximum Gasteiger partial charge on any atom is 0.146 e. The Balaban J connectivity index is 2.79. The van der Waals surface area contributed by atoms with E-state index in [-0.39, 0.29) is 0 Å². The molecule has 0 radical (unpaired) electrons. The zero-order valence-electron chi connectivity index (χ0n) is 9.88. The number of unbranched alkanes of at least 4 members (excludes halogenated alkanes) is 2. The Labute approximate surface area is 112 Å². The highest BCUT2D eigenvalue weighted by Crippen LogP contribution is 2.23. The third-order valence-electron chi connectivity index (χ3n) is 2.52. The van der Waals surface area contributed by atoms with Crippen LogP contribution in [0.4, 0.5) is 0 Å². The fourth-order valence-corrected chi connectivity index (χ4v) is 2.03. The second-order valence-corrected chi connectivity index (χ2v) is 4.80. The minimum absolute atomic E-state index is 0.576. The molecule has 0 aliphatic heterocycles. The van der Waals surface area contributed by atoms with Crippen molar-refractivity contribution < 1.29 is 4.79 Å². The Kier molecular flexibility index (Phi) is 6.31. The van der Waals surface area contributed by atoms with Crippen molar-refractivity contribution in [2.45, 2.75) is 32.6 Å². The second kappa shape index (κ2) is 7.52. The number of carbonyl (C=O) groups excluding carboxylic acids is 1. The lowest BCUT2D eigenvalue weighted by atomic mass is 10.1. The lowest BCUT2D eigenvalue weighted by Gasteiger charge is -2.02. The third kappa shape index (κ3) is 4.93. The summed E-state index contributed by atoms with van der Waals surface area (Å²) in [6.07, 6.45) is 6.86. The summed E-state index contributed by atoms with van der Waals surface area (Å²) in [7, 11) is 0. The summed E-state index contributed by atoms with van der Waals surface area (Å²) in [6, 6.07) is 5.28. The SMILES string of the molecule is CCCCCC(C=O)=Cc1ccc(Cl)cc1Cl. The van der Waals surface area contributed by atoms with Crippen LogP contribution in [0.15, 0.2) is 23.8 Å². The van der Waals surface area contributed by atoms with Gasteiger partial charge in [0.05, 0.1) is 0 Å². The first-order valence-electron chi connectivity index (χ1n) is 5.78. The van der Waals surface area contributed by atoms with Crippen molar-refractivity contribution in [3.63, 3.8) is 0 Å². The number of halogens is 2. The van der Waals surface area contributed by atoms with Gasteiger partial charge in [0.15, 0.2) is 0 Å². The lowest BCUT2D eigenvalue weighted by Crippen LogP contribution is -1.87. The molecule has 0 spiro atoms. The molecule has 0 fully saturated rings. The Hall–Kier alpha value is -0.790. The van der Waals surface area contributed by atoms with Gasteiger partial charge in [0.1, 0.15) is 6.29 Å². The van der Waals surface area contributed by atoms with E-state index in [0.717, 1.165) is 43.1 Å². The summed E-state index contributed by atoms with van der Waals surface area (Å²) in [5.41, 5.74) is 1.62. The van der Waals surface area contributed by atoms with Crippen LogP contribution in [0.1, 0.15) is 38.2 Å². The number of hydrogen-bond acceptors (Lipinski definition) is 1. The van der Waals surface area contributed by atoms with E-state index in [2.05, 4.69) is 6.92 Å². The highest BCUT2D eigenvalue weighted by Gasteiger charge is 2.01. The summed E-state index contributed by atoms with van der Waals surface area (Å²) in [5, 5.41) is 1.18. The Morgan fingerprint density at radius 1 is 1.29 bits per heavy atom. The van der Waals surface area contributed by atoms with Crippen LogP contribution in [0.3, 0.4) is 0 Å². The van der Waals surface area contributed by atoms with Gasteiger partial charge in [-0.15, -0.1) is 0 Å². The summed E-state index contributed by atoms with van der Waals surface area (Å²) in [5.74, 6) is 0. The molecule has 0 unspecified atom stereocenters. The highest BCUT2D eigenvalue weighted by atomic mass is 35.5. The van der Waals surface area contributed by atoms with Crippen LogP contribution >= 0.6 is 23.2 Å². The van der Waals surface area contributed by atoms with Crippen LogP contribution < -0.4 is 0 Å². The monoisotopic (exact) mass is 270 g/mol.